The molecule has 67 valence electrons. The van der Waals surface area contributed by atoms with E-state index in [-0.39, 0.29) is 0 Å². The predicted molar refractivity (Wildman–Crippen MR) is 17.6 cm³/mol. The Morgan fingerprint density at radius 2 is 0.818 bits per heavy atom. The third-order valence-corrected chi connectivity index (χ3v) is 0. The molecule has 0 aliphatic carbocycles. The van der Waals surface area contributed by atoms with Gasteiger partial charge in [-0.1, -0.05) is 0 Å². The number of hydrogen-bond acceptors (Lipinski definition) is 7. The average molecular weight is 229 g/mol. The van der Waals surface area contributed by atoms with Crippen molar-refractivity contribution in [1.29, 1.82) is 0 Å². The van der Waals surface area contributed by atoms with Crippen molar-refractivity contribution >= 4 is 10.4 Å². The summed E-state index contributed by atoms with van der Waals surface area (Å²) in [5.41, 5.74) is 0. The van der Waals surface area contributed by atoms with Gasteiger partial charge in [-0.2, -0.15) is 8.42 Å². The molecule has 9 nitrogen and oxygen atoms in total. The summed E-state index contributed by atoms with van der Waals surface area (Å²) in [5, 5.41) is 0. The summed E-state index contributed by atoms with van der Waals surface area (Å²) in [6, 6.07) is 0. The summed E-state index contributed by atoms with van der Waals surface area (Å²) in [5.74, 6) is 0. The molecular weight excluding hydrogens is 227 g/mol. The van der Waals surface area contributed by atoms with Crippen LogP contribution in [0.2, 0.25) is 0 Å². The standard InChI is InChI=1S/H2O4S.5O.V/c1-5(2,3)4;;;;;;/h(H2,1,2,3,4);;;;;;. The quantitative estimate of drug-likeness (QED) is 0.483. The van der Waals surface area contributed by atoms with Gasteiger partial charge >= 0.3 is 41.4 Å². The van der Waals surface area contributed by atoms with E-state index in [2.05, 4.69) is 0 Å². The average Bonchev–Trinajstić information content (AvgIpc) is 1.07. The van der Waals surface area contributed by atoms with Crippen LogP contribution in [0, 0.1) is 0 Å². The zero-order chi connectivity index (χ0) is 9.95. The van der Waals surface area contributed by atoms with Crippen LogP contribution in [0.25, 0.3) is 0 Å². The molecule has 0 unspecified atom stereocenters. The molecule has 0 aromatic rings. The molecule has 0 aliphatic rings. The molecular formula is H2O9SV. The van der Waals surface area contributed by atoms with Crippen molar-refractivity contribution in [1.82, 2.24) is 0 Å². The Bertz CT molecular complexity index is 460. The SMILES string of the molecule is O=S(=O)(O)O.[O]=[V](=[O])(=[O])(=[O])=[O]. The van der Waals surface area contributed by atoms with Crippen LogP contribution in [0.5, 0.6) is 0 Å². The Morgan fingerprint density at radius 3 is 0.818 bits per heavy atom. The molecule has 0 atom stereocenters. The summed E-state index contributed by atoms with van der Waals surface area (Å²) < 4.78 is 74.8. The normalized spacial score (nSPS) is 10.7. The van der Waals surface area contributed by atoms with Crippen molar-refractivity contribution in [3.63, 3.8) is 0 Å². The maximum absolute atomic E-state index is 8.74. The van der Waals surface area contributed by atoms with Crippen LogP contribution in [-0.2, 0) is 41.4 Å². The molecule has 0 saturated carbocycles. The van der Waals surface area contributed by atoms with Gasteiger partial charge in [0.15, 0.2) is 0 Å². The van der Waals surface area contributed by atoms with E-state index in [1.807, 2.05) is 0 Å². The van der Waals surface area contributed by atoms with Crippen molar-refractivity contribution in [3.05, 3.63) is 0 Å². The molecule has 0 amide bonds. The van der Waals surface area contributed by atoms with Crippen LogP contribution in [0.1, 0.15) is 0 Å². The van der Waals surface area contributed by atoms with Crippen LogP contribution >= 0.6 is 0 Å². The van der Waals surface area contributed by atoms with Crippen molar-refractivity contribution < 1.29 is 48.5 Å². The van der Waals surface area contributed by atoms with Crippen LogP contribution in [0.4, 0.5) is 0 Å². The summed E-state index contributed by atoms with van der Waals surface area (Å²) in [7, 11) is -4.67. The predicted octanol–water partition coefficient (Wildman–Crippen LogP) is -1.25. The van der Waals surface area contributed by atoms with Gasteiger partial charge in [-0.05, 0) is 0 Å². The van der Waals surface area contributed by atoms with Gasteiger partial charge in [-0.25, -0.2) is 0 Å². The molecule has 0 fully saturated rings. The van der Waals surface area contributed by atoms with E-state index >= 15 is 0 Å². The van der Waals surface area contributed by atoms with Crippen molar-refractivity contribution in [2.24, 2.45) is 0 Å². The summed E-state index contributed by atoms with van der Waals surface area (Å²) >= 11 is -7.74. The number of rotatable bonds is 0. The zero-order valence-electron chi connectivity index (χ0n) is 4.61. The molecule has 11 heavy (non-hydrogen) atoms. The first-order valence-corrected chi connectivity index (χ1v) is 5.86. The minimum atomic E-state index is -7.74. The van der Waals surface area contributed by atoms with E-state index in [9.17, 15) is 0 Å². The topological polar surface area (TPSA) is 160 Å². The molecule has 0 saturated heterocycles. The first-order valence-electron chi connectivity index (χ1n) is 1.61. The van der Waals surface area contributed by atoms with Gasteiger partial charge in [-0.15, -0.1) is 0 Å². The van der Waals surface area contributed by atoms with Crippen molar-refractivity contribution in [2.45, 2.75) is 0 Å². The Morgan fingerprint density at radius 1 is 0.818 bits per heavy atom. The first-order chi connectivity index (χ1) is 4.24. The molecule has 0 aromatic heterocycles. The number of hydrogen-bond donors (Lipinski definition) is 2. The third kappa shape index (κ3) is 1760. The Hall–Kier alpha value is -0.546. The van der Waals surface area contributed by atoms with E-state index in [1.54, 1.807) is 0 Å². The fourth-order valence-corrected chi connectivity index (χ4v) is 0. The fraction of sp³-hybridized carbons (Fsp3) is 0. The van der Waals surface area contributed by atoms with Gasteiger partial charge in [0.25, 0.3) is 0 Å². The molecule has 0 radical (unpaired) electrons. The maximum atomic E-state index is 8.74. The van der Waals surface area contributed by atoms with E-state index < -0.39 is 23.0 Å². The molecule has 0 bridgehead atoms. The van der Waals surface area contributed by atoms with Gasteiger partial charge in [0, 0.05) is 0 Å². The Balaban J connectivity index is 0. The van der Waals surface area contributed by atoms with Gasteiger partial charge in [0.1, 0.15) is 0 Å². The second-order valence-electron chi connectivity index (χ2n) is 1.19. The van der Waals surface area contributed by atoms with E-state index in [1.165, 1.54) is 0 Å². The van der Waals surface area contributed by atoms with Gasteiger partial charge in [-0.3, -0.25) is 9.11 Å². The molecule has 0 aliphatic heterocycles. The minimum absolute atomic E-state index is 4.67. The molecule has 0 spiro atoms. The molecule has 11 heteroatoms. The van der Waals surface area contributed by atoms with E-state index in [0.29, 0.717) is 0 Å². The molecule has 0 heterocycles. The second kappa shape index (κ2) is 2.83. The van der Waals surface area contributed by atoms with Crippen molar-refractivity contribution in [2.75, 3.05) is 0 Å². The fourth-order valence-electron chi connectivity index (χ4n) is 0. The van der Waals surface area contributed by atoms with Crippen molar-refractivity contribution in [3.8, 4) is 0 Å². The van der Waals surface area contributed by atoms with E-state index in [0.717, 1.165) is 0 Å². The summed E-state index contributed by atoms with van der Waals surface area (Å²) in [4.78, 5) is 0. The van der Waals surface area contributed by atoms with Gasteiger partial charge in [0.2, 0.25) is 0 Å². The van der Waals surface area contributed by atoms with Gasteiger partial charge < -0.3 is 0 Å². The zero-order valence-corrected chi connectivity index (χ0v) is 6.82. The molecule has 0 rings (SSSR count). The van der Waals surface area contributed by atoms with Crippen LogP contribution in [-0.4, -0.2) is 17.5 Å². The summed E-state index contributed by atoms with van der Waals surface area (Å²) in [6.45, 7) is 0. The van der Waals surface area contributed by atoms with Crippen LogP contribution in [0.15, 0.2) is 0 Å². The summed E-state index contributed by atoms with van der Waals surface area (Å²) in [6.07, 6.45) is 0. The first kappa shape index (κ1) is 13.1. The van der Waals surface area contributed by atoms with Crippen LogP contribution < -0.4 is 0 Å². The second-order valence-corrected chi connectivity index (χ2v) is 4.42. The van der Waals surface area contributed by atoms with Gasteiger partial charge in [0.05, 0.1) is 0 Å². The monoisotopic (exact) mass is 229 g/mol. The Kier molecular flexibility index (Phi) is 3.36. The Labute approximate surface area is 59.5 Å². The van der Waals surface area contributed by atoms with E-state index in [4.69, 9.17) is 35.9 Å². The van der Waals surface area contributed by atoms with Crippen LogP contribution in [0.3, 0.4) is 0 Å². The third-order valence-electron chi connectivity index (χ3n) is 0. The molecule has 2 N–H and O–H groups in total. The molecule has 0 aromatic carbocycles.